The van der Waals surface area contributed by atoms with Gasteiger partial charge in [0.2, 0.25) is 0 Å². The predicted octanol–water partition coefficient (Wildman–Crippen LogP) is 0.0567. The van der Waals surface area contributed by atoms with E-state index < -0.39 is 5.97 Å². The summed E-state index contributed by atoms with van der Waals surface area (Å²) in [5.74, 6) is 1.52. The second-order valence-electron chi connectivity index (χ2n) is 3.67. The van der Waals surface area contributed by atoms with E-state index in [9.17, 15) is 0 Å². The average molecular weight is 158 g/mol. The van der Waals surface area contributed by atoms with Gasteiger partial charge in [0.1, 0.15) is 0 Å². The van der Waals surface area contributed by atoms with Crippen molar-refractivity contribution in [1.82, 2.24) is 0 Å². The molecule has 64 valence electrons. The average Bonchev–Trinajstić information content (AvgIpc) is 1.55. The van der Waals surface area contributed by atoms with E-state index in [2.05, 4.69) is 5.92 Å². The van der Waals surface area contributed by atoms with Crippen LogP contribution in [0, 0.1) is 17.3 Å². The van der Waals surface area contributed by atoms with Crippen LogP contribution >= 0.6 is 0 Å². The lowest BCUT2D eigenvalue weighted by Crippen LogP contribution is -2.24. The van der Waals surface area contributed by atoms with Gasteiger partial charge in [-0.15, -0.1) is 0 Å². The van der Waals surface area contributed by atoms with Crippen molar-refractivity contribution >= 4 is 0 Å². The normalized spacial score (nSPS) is 12.2. The van der Waals surface area contributed by atoms with Crippen LogP contribution in [0.4, 0.5) is 0 Å². The first-order chi connectivity index (χ1) is 4.71. The molecule has 0 aliphatic heterocycles. The van der Waals surface area contributed by atoms with Gasteiger partial charge in [-0.1, -0.05) is 26.7 Å². The van der Waals surface area contributed by atoms with Crippen molar-refractivity contribution in [2.45, 2.75) is 33.2 Å². The SMILES string of the molecule is CC(C)(C)CC#CC(O)(O)O. The van der Waals surface area contributed by atoms with E-state index in [1.807, 2.05) is 26.7 Å². The Morgan fingerprint density at radius 1 is 1.09 bits per heavy atom. The minimum absolute atomic E-state index is 0.0122. The van der Waals surface area contributed by atoms with Crippen LogP contribution in [-0.2, 0) is 0 Å². The van der Waals surface area contributed by atoms with E-state index in [0.717, 1.165) is 0 Å². The lowest BCUT2D eigenvalue weighted by molar-refractivity contribution is -0.265. The fourth-order valence-corrected chi connectivity index (χ4v) is 0.428. The van der Waals surface area contributed by atoms with Crippen LogP contribution in [0.2, 0.25) is 0 Å². The lowest BCUT2D eigenvalue weighted by Gasteiger charge is -2.13. The van der Waals surface area contributed by atoms with Crippen molar-refractivity contribution in [3.05, 3.63) is 0 Å². The maximum absolute atomic E-state index is 8.35. The van der Waals surface area contributed by atoms with Gasteiger partial charge in [0, 0.05) is 6.42 Å². The number of rotatable bonds is 0. The van der Waals surface area contributed by atoms with Crippen molar-refractivity contribution in [3.63, 3.8) is 0 Å². The zero-order chi connectivity index (χ0) is 9.12. The summed E-state index contributed by atoms with van der Waals surface area (Å²) in [6, 6.07) is 0. The monoisotopic (exact) mass is 158 g/mol. The molecule has 0 saturated heterocycles. The van der Waals surface area contributed by atoms with Crippen LogP contribution in [0.3, 0.4) is 0 Å². The molecule has 0 aromatic heterocycles. The standard InChI is InChI=1S/C8H14O3/c1-7(2,3)5-4-6-8(9,10)11/h9-11H,5H2,1-3H3. The van der Waals surface area contributed by atoms with Gasteiger partial charge in [0.15, 0.2) is 0 Å². The minimum Gasteiger partial charge on any atom is -0.333 e. The smallest absolute Gasteiger partial charge is 0.333 e. The Balaban J connectivity index is 3.94. The van der Waals surface area contributed by atoms with E-state index in [1.54, 1.807) is 0 Å². The summed E-state index contributed by atoms with van der Waals surface area (Å²) in [6.45, 7) is 5.90. The minimum atomic E-state index is -2.84. The molecular formula is C8H14O3. The first-order valence-corrected chi connectivity index (χ1v) is 3.38. The highest BCUT2D eigenvalue weighted by Crippen LogP contribution is 2.16. The highest BCUT2D eigenvalue weighted by atomic mass is 16.7. The summed E-state index contributed by atoms with van der Waals surface area (Å²) in [6.07, 6.45) is 0.510. The van der Waals surface area contributed by atoms with Crippen molar-refractivity contribution in [1.29, 1.82) is 0 Å². The zero-order valence-corrected chi connectivity index (χ0v) is 7.05. The maximum atomic E-state index is 8.35. The quantitative estimate of drug-likeness (QED) is 0.345. The van der Waals surface area contributed by atoms with Crippen molar-refractivity contribution in [2.24, 2.45) is 5.41 Å². The Labute approximate surface area is 66.7 Å². The molecule has 0 atom stereocenters. The number of hydrogen-bond donors (Lipinski definition) is 3. The van der Waals surface area contributed by atoms with Gasteiger partial charge < -0.3 is 15.3 Å². The molecule has 0 radical (unpaired) electrons. The van der Waals surface area contributed by atoms with Crippen LogP contribution in [0.5, 0.6) is 0 Å². The summed E-state index contributed by atoms with van der Waals surface area (Å²) in [5.41, 5.74) is 0.0122. The highest BCUT2D eigenvalue weighted by molar-refractivity contribution is 5.05. The van der Waals surface area contributed by atoms with Gasteiger partial charge in [0.05, 0.1) is 0 Å². The van der Waals surface area contributed by atoms with E-state index in [0.29, 0.717) is 6.42 Å². The van der Waals surface area contributed by atoms with Crippen molar-refractivity contribution in [3.8, 4) is 11.8 Å². The molecule has 0 amide bonds. The molecule has 3 N–H and O–H groups in total. The summed E-state index contributed by atoms with van der Waals surface area (Å²) in [5, 5.41) is 25.1. The summed E-state index contributed by atoms with van der Waals surface area (Å²) in [4.78, 5) is 0. The molecular weight excluding hydrogens is 144 g/mol. The van der Waals surface area contributed by atoms with Crippen molar-refractivity contribution in [2.75, 3.05) is 0 Å². The Bertz CT molecular complexity index is 172. The van der Waals surface area contributed by atoms with E-state index in [4.69, 9.17) is 15.3 Å². The molecule has 0 rings (SSSR count). The largest absolute Gasteiger partial charge is 0.345 e. The highest BCUT2D eigenvalue weighted by Gasteiger charge is 2.13. The third-order valence-corrected chi connectivity index (χ3v) is 0.875. The molecule has 0 fully saturated rings. The first-order valence-electron chi connectivity index (χ1n) is 3.38. The zero-order valence-electron chi connectivity index (χ0n) is 7.05. The van der Waals surface area contributed by atoms with Crippen LogP contribution in [0.25, 0.3) is 0 Å². The van der Waals surface area contributed by atoms with Gasteiger partial charge in [-0.2, -0.15) is 0 Å². The Morgan fingerprint density at radius 2 is 1.55 bits per heavy atom. The third-order valence-electron chi connectivity index (χ3n) is 0.875. The molecule has 3 nitrogen and oxygen atoms in total. The lowest BCUT2D eigenvalue weighted by atomic mass is 9.93. The van der Waals surface area contributed by atoms with Crippen LogP contribution in [0.1, 0.15) is 27.2 Å². The second kappa shape index (κ2) is 3.22. The number of aliphatic hydroxyl groups is 3. The van der Waals surface area contributed by atoms with Crippen molar-refractivity contribution < 1.29 is 15.3 Å². The van der Waals surface area contributed by atoms with E-state index in [-0.39, 0.29) is 5.41 Å². The van der Waals surface area contributed by atoms with Gasteiger partial charge in [-0.05, 0) is 11.3 Å². The Kier molecular flexibility index (Phi) is 3.06. The molecule has 0 aromatic carbocycles. The molecule has 0 spiro atoms. The molecule has 0 aliphatic carbocycles. The fourth-order valence-electron chi connectivity index (χ4n) is 0.428. The maximum Gasteiger partial charge on any atom is 0.345 e. The van der Waals surface area contributed by atoms with Gasteiger partial charge in [-0.3, -0.25) is 0 Å². The van der Waals surface area contributed by atoms with Gasteiger partial charge in [-0.25, -0.2) is 0 Å². The fraction of sp³-hybridized carbons (Fsp3) is 0.750. The Morgan fingerprint density at radius 3 is 1.82 bits per heavy atom. The first kappa shape index (κ1) is 10.4. The molecule has 0 aromatic rings. The predicted molar refractivity (Wildman–Crippen MR) is 41.2 cm³/mol. The van der Waals surface area contributed by atoms with E-state index in [1.165, 1.54) is 0 Å². The number of hydrogen-bond acceptors (Lipinski definition) is 3. The van der Waals surface area contributed by atoms with Gasteiger partial charge in [0.25, 0.3) is 0 Å². The molecule has 0 bridgehead atoms. The summed E-state index contributed by atoms with van der Waals surface area (Å²) >= 11 is 0. The molecule has 0 saturated carbocycles. The van der Waals surface area contributed by atoms with Crippen LogP contribution in [0.15, 0.2) is 0 Å². The molecule has 0 unspecified atom stereocenters. The Hall–Kier alpha value is -0.560. The van der Waals surface area contributed by atoms with E-state index >= 15 is 0 Å². The topological polar surface area (TPSA) is 60.7 Å². The van der Waals surface area contributed by atoms with Crippen LogP contribution in [-0.4, -0.2) is 21.3 Å². The second-order valence-corrected chi connectivity index (χ2v) is 3.67. The molecule has 11 heavy (non-hydrogen) atoms. The summed E-state index contributed by atoms with van der Waals surface area (Å²) in [7, 11) is 0. The molecule has 0 heterocycles. The summed E-state index contributed by atoms with van der Waals surface area (Å²) < 4.78 is 0. The molecule has 0 aliphatic rings. The van der Waals surface area contributed by atoms with Crippen LogP contribution < -0.4 is 0 Å². The molecule has 3 heteroatoms. The third kappa shape index (κ3) is 9.44. The van der Waals surface area contributed by atoms with Gasteiger partial charge >= 0.3 is 5.97 Å².